The summed E-state index contributed by atoms with van der Waals surface area (Å²) in [5.74, 6) is -3.11. The number of aromatic nitrogens is 3. The third kappa shape index (κ3) is 4.52. The molecule has 31 heavy (non-hydrogen) atoms. The Kier molecular flexibility index (Phi) is 5.61. The second-order valence-electron chi connectivity index (χ2n) is 7.24. The van der Waals surface area contributed by atoms with Crippen LogP contribution in [0.15, 0.2) is 49.1 Å². The van der Waals surface area contributed by atoms with E-state index in [1.165, 1.54) is 24.5 Å². The highest BCUT2D eigenvalue weighted by atomic mass is 19.1. The highest BCUT2D eigenvalue weighted by molar-refractivity contribution is 6.05. The molecule has 0 radical (unpaired) electrons. The minimum Gasteiger partial charge on any atom is -0.507 e. The number of amides is 2. The molecule has 160 valence electrons. The maximum Gasteiger partial charge on any atom is 0.257 e. The van der Waals surface area contributed by atoms with E-state index in [1.54, 1.807) is 15.9 Å². The molecule has 4 rings (SSSR count). The molecule has 2 amide bonds. The number of likely N-dealkylation sites (tertiary alicyclic amines) is 1. The predicted molar refractivity (Wildman–Crippen MR) is 107 cm³/mol. The van der Waals surface area contributed by atoms with Crippen LogP contribution in [0.3, 0.4) is 0 Å². The molecule has 0 atom stereocenters. The van der Waals surface area contributed by atoms with Gasteiger partial charge in [-0.25, -0.2) is 18.4 Å². The number of aromatic hydroxyl groups is 1. The maximum atomic E-state index is 13.3. The molecule has 1 aliphatic rings. The van der Waals surface area contributed by atoms with Crippen molar-refractivity contribution in [2.45, 2.75) is 18.9 Å². The fourth-order valence-corrected chi connectivity index (χ4v) is 3.59. The number of nitrogens with one attached hydrogen (secondary N) is 1. The molecule has 0 saturated carbocycles. The molecule has 2 heterocycles. The quantitative estimate of drug-likeness (QED) is 0.667. The highest BCUT2D eigenvalue weighted by Crippen LogP contribution is 2.27. The second-order valence-corrected chi connectivity index (χ2v) is 7.24. The molecule has 8 nitrogen and oxygen atoms in total. The Morgan fingerprint density at radius 2 is 1.77 bits per heavy atom. The lowest BCUT2D eigenvalue weighted by molar-refractivity contribution is 0.0686. The average Bonchev–Trinajstić information content (AvgIpc) is 3.28. The Balaban J connectivity index is 1.41. The number of carbonyl (C=O) groups excluding carboxylic acids is 2. The van der Waals surface area contributed by atoms with Crippen LogP contribution < -0.4 is 5.32 Å². The van der Waals surface area contributed by atoms with Gasteiger partial charge in [0, 0.05) is 36.5 Å². The number of halogens is 2. The first-order chi connectivity index (χ1) is 14.9. The molecule has 0 bridgehead atoms. The molecule has 0 aliphatic carbocycles. The number of nitrogens with zero attached hydrogens (tertiary/aromatic N) is 4. The van der Waals surface area contributed by atoms with E-state index in [4.69, 9.17) is 0 Å². The summed E-state index contributed by atoms with van der Waals surface area (Å²) >= 11 is 0. The van der Waals surface area contributed by atoms with Gasteiger partial charge in [0.1, 0.15) is 30.0 Å². The Morgan fingerprint density at radius 3 is 2.39 bits per heavy atom. The zero-order valence-corrected chi connectivity index (χ0v) is 16.3. The second kappa shape index (κ2) is 8.50. The van der Waals surface area contributed by atoms with E-state index in [-0.39, 0.29) is 34.5 Å². The smallest absolute Gasteiger partial charge is 0.257 e. The SMILES string of the molecule is O=C(Nc1ccc(C(=O)N2CCC(n3cncn3)CC2)c(O)c1)c1cc(F)cc(F)c1. The van der Waals surface area contributed by atoms with Crippen LogP contribution in [0, 0.1) is 11.6 Å². The topological polar surface area (TPSA) is 100 Å². The van der Waals surface area contributed by atoms with Crippen molar-refractivity contribution in [3.05, 3.63) is 71.8 Å². The van der Waals surface area contributed by atoms with Crippen molar-refractivity contribution in [2.24, 2.45) is 0 Å². The lowest BCUT2D eigenvalue weighted by atomic mass is 10.0. The van der Waals surface area contributed by atoms with E-state index >= 15 is 0 Å². The fraction of sp³-hybridized carbons (Fsp3) is 0.238. The van der Waals surface area contributed by atoms with Gasteiger partial charge in [0.15, 0.2) is 0 Å². The fourth-order valence-electron chi connectivity index (χ4n) is 3.59. The summed E-state index contributed by atoms with van der Waals surface area (Å²) in [6, 6.07) is 6.72. The molecular weight excluding hydrogens is 408 g/mol. The van der Waals surface area contributed by atoms with Crippen LogP contribution in [0.4, 0.5) is 14.5 Å². The van der Waals surface area contributed by atoms with Crippen LogP contribution in [0.5, 0.6) is 5.75 Å². The molecule has 2 N–H and O–H groups in total. The van der Waals surface area contributed by atoms with Gasteiger partial charge in [-0.15, -0.1) is 0 Å². The number of benzene rings is 2. The van der Waals surface area contributed by atoms with Crippen molar-refractivity contribution >= 4 is 17.5 Å². The lowest BCUT2D eigenvalue weighted by Crippen LogP contribution is -2.39. The van der Waals surface area contributed by atoms with Gasteiger partial charge in [0.25, 0.3) is 11.8 Å². The van der Waals surface area contributed by atoms with E-state index in [2.05, 4.69) is 15.4 Å². The zero-order chi connectivity index (χ0) is 22.0. The minimum absolute atomic E-state index is 0.106. The average molecular weight is 427 g/mol. The Labute approximate surface area is 176 Å². The number of rotatable bonds is 4. The van der Waals surface area contributed by atoms with Gasteiger partial charge < -0.3 is 15.3 Å². The number of hydrogen-bond acceptors (Lipinski definition) is 5. The number of phenols is 1. The van der Waals surface area contributed by atoms with Crippen LogP contribution >= 0.6 is 0 Å². The van der Waals surface area contributed by atoms with Crippen molar-refractivity contribution in [2.75, 3.05) is 18.4 Å². The first-order valence-electron chi connectivity index (χ1n) is 9.64. The molecule has 1 fully saturated rings. The summed E-state index contributed by atoms with van der Waals surface area (Å²) in [6.45, 7) is 1.01. The number of piperidine rings is 1. The van der Waals surface area contributed by atoms with Crippen molar-refractivity contribution < 1.29 is 23.5 Å². The van der Waals surface area contributed by atoms with Gasteiger partial charge in [0.05, 0.1) is 11.6 Å². The Morgan fingerprint density at radius 1 is 1.06 bits per heavy atom. The van der Waals surface area contributed by atoms with Crippen molar-refractivity contribution in [3.8, 4) is 5.75 Å². The number of hydrogen-bond donors (Lipinski definition) is 2. The van der Waals surface area contributed by atoms with Crippen LogP contribution in [0.1, 0.15) is 39.6 Å². The standard InChI is InChI=1S/C21H19F2N5O3/c22-14-7-13(8-15(23)9-14)20(30)26-16-1-2-18(19(29)10-16)21(31)27-5-3-17(4-6-27)28-12-24-11-25-28/h1-2,7-12,17,29H,3-6H2,(H,26,30). The van der Waals surface area contributed by atoms with E-state index in [0.29, 0.717) is 32.0 Å². The van der Waals surface area contributed by atoms with Crippen LogP contribution in [0.25, 0.3) is 0 Å². The number of anilines is 1. The summed E-state index contributed by atoms with van der Waals surface area (Å²) in [5.41, 5.74) is 0.0926. The molecule has 1 saturated heterocycles. The molecule has 3 aromatic rings. The van der Waals surface area contributed by atoms with Crippen molar-refractivity contribution in [3.63, 3.8) is 0 Å². The first kappa shape index (κ1) is 20.5. The van der Waals surface area contributed by atoms with Gasteiger partial charge >= 0.3 is 0 Å². The molecule has 0 spiro atoms. The molecular formula is C21H19F2N5O3. The van der Waals surface area contributed by atoms with Gasteiger partial charge in [-0.3, -0.25) is 9.59 Å². The maximum absolute atomic E-state index is 13.3. The third-order valence-corrected chi connectivity index (χ3v) is 5.17. The van der Waals surface area contributed by atoms with Crippen molar-refractivity contribution in [1.82, 2.24) is 19.7 Å². The van der Waals surface area contributed by atoms with Crippen molar-refractivity contribution in [1.29, 1.82) is 0 Å². The number of phenolic OH excluding ortho intramolecular Hbond substituents is 1. The van der Waals surface area contributed by atoms with Gasteiger partial charge in [-0.05, 0) is 37.1 Å². The molecule has 0 unspecified atom stereocenters. The zero-order valence-electron chi connectivity index (χ0n) is 16.3. The lowest BCUT2D eigenvalue weighted by Gasteiger charge is -2.32. The molecule has 2 aromatic carbocycles. The largest absolute Gasteiger partial charge is 0.507 e. The monoisotopic (exact) mass is 427 g/mol. The van der Waals surface area contributed by atoms with Crippen LogP contribution in [-0.2, 0) is 0 Å². The summed E-state index contributed by atoms with van der Waals surface area (Å²) in [6.07, 6.45) is 4.56. The van der Waals surface area contributed by atoms with Gasteiger partial charge in [-0.2, -0.15) is 5.10 Å². The predicted octanol–water partition coefficient (Wildman–Crippen LogP) is 2.99. The summed E-state index contributed by atoms with van der Waals surface area (Å²) < 4.78 is 28.4. The number of carbonyl (C=O) groups is 2. The minimum atomic E-state index is -0.874. The summed E-state index contributed by atoms with van der Waals surface area (Å²) in [7, 11) is 0. The summed E-state index contributed by atoms with van der Waals surface area (Å²) in [5, 5.41) is 16.9. The normalized spacial score (nSPS) is 14.5. The van der Waals surface area contributed by atoms with E-state index in [1.807, 2.05) is 0 Å². The summed E-state index contributed by atoms with van der Waals surface area (Å²) in [4.78, 5) is 30.6. The molecule has 10 heteroatoms. The Hall–Kier alpha value is -3.82. The van der Waals surface area contributed by atoms with Crippen LogP contribution in [-0.4, -0.2) is 49.7 Å². The first-order valence-corrected chi connectivity index (χ1v) is 9.64. The molecule has 1 aliphatic heterocycles. The Bertz CT molecular complexity index is 1090. The van der Waals surface area contributed by atoms with E-state index < -0.39 is 17.5 Å². The van der Waals surface area contributed by atoms with E-state index in [9.17, 15) is 23.5 Å². The highest BCUT2D eigenvalue weighted by Gasteiger charge is 2.26. The van der Waals surface area contributed by atoms with Crippen LogP contribution in [0.2, 0.25) is 0 Å². The molecule has 1 aromatic heterocycles. The van der Waals surface area contributed by atoms with E-state index in [0.717, 1.165) is 12.1 Å². The van der Waals surface area contributed by atoms with Gasteiger partial charge in [0.2, 0.25) is 0 Å². The van der Waals surface area contributed by atoms with Gasteiger partial charge in [-0.1, -0.05) is 0 Å². The third-order valence-electron chi connectivity index (χ3n) is 5.17.